The maximum absolute atomic E-state index is 12.3. The van der Waals surface area contributed by atoms with E-state index >= 15 is 0 Å². The Kier molecular flexibility index (Phi) is 3.21. The molecule has 1 aliphatic carbocycles. The van der Waals surface area contributed by atoms with Gasteiger partial charge in [-0.1, -0.05) is 20.8 Å². The van der Waals surface area contributed by atoms with Gasteiger partial charge in [0.2, 0.25) is 0 Å². The molecule has 4 nitrogen and oxygen atoms in total. The second kappa shape index (κ2) is 4.41. The zero-order valence-corrected chi connectivity index (χ0v) is 12.0. The van der Waals surface area contributed by atoms with Gasteiger partial charge >= 0.3 is 0 Å². The van der Waals surface area contributed by atoms with Gasteiger partial charge < -0.3 is 4.90 Å². The van der Waals surface area contributed by atoms with E-state index in [9.17, 15) is 4.79 Å². The normalized spacial score (nSPS) is 15.8. The van der Waals surface area contributed by atoms with E-state index in [4.69, 9.17) is 0 Å². The molecular weight excluding hydrogens is 226 g/mol. The van der Waals surface area contributed by atoms with Gasteiger partial charge in [-0.25, -0.2) is 0 Å². The van der Waals surface area contributed by atoms with E-state index < -0.39 is 0 Å². The summed E-state index contributed by atoms with van der Waals surface area (Å²) in [5.41, 5.74) is 1.63. The summed E-state index contributed by atoms with van der Waals surface area (Å²) in [6, 6.07) is 1.92. The molecule has 4 heteroatoms. The second-order valence-corrected chi connectivity index (χ2v) is 6.42. The van der Waals surface area contributed by atoms with Crippen molar-refractivity contribution in [2.75, 3.05) is 13.6 Å². The quantitative estimate of drug-likeness (QED) is 0.823. The van der Waals surface area contributed by atoms with Crippen LogP contribution in [0.4, 0.5) is 0 Å². The number of hydrogen-bond acceptors (Lipinski definition) is 2. The molecule has 0 aliphatic heterocycles. The SMILES string of the molecule is CN(CC1CC1)C(=O)c1cc(C(C)(C)C)nn1C. The molecule has 1 aliphatic rings. The lowest BCUT2D eigenvalue weighted by atomic mass is 9.92. The third-order valence-corrected chi connectivity index (χ3v) is 3.44. The molecule has 0 saturated heterocycles. The minimum Gasteiger partial charge on any atom is -0.340 e. The van der Waals surface area contributed by atoms with Crippen molar-refractivity contribution in [3.8, 4) is 0 Å². The Morgan fingerprint density at radius 3 is 2.56 bits per heavy atom. The molecule has 0 atom stereocenters. The van der Waals surface area contributed by atoms with Crippen molar-refractivity contribution in [3.05, 3.63) is 17.5 Å². The number of carbonyl (C=O) groups is 1. The van der Waals surface area contributed by atoms with Crippen molar-refractivity contribution in [3.63, 3.8) is 0 Å². The number of hydrogen-bond donors (Lipinski definition) is 0. The van der Waals surface area contributed by atoms with Crippen molar-refractivity contribution in [2.24, 2.45) is 13.0 Å². The van der Waals surface area contributed by atoms with Gasteiger partial charge in [-0.2, -0.15) is 5.10 Å². The van der Waals surface area contributed by atoms with Gasteiger partial charge in [-0.3, -0.25) is 9.48 Å². The number of aryl methyl sites for hydroxylation is 1. The standard InChI is InChI=1S/C14H23N3O/c1-14(2,3)12-8-11(17(5)15-12)13(18)16(4)9-10-6-7-10/h8,10H,6-7,9H2,1-5H3. The Bertz CT molecular complexity index is 452. The maximum Gasteiger partial charge on any atom is 0.271 e. The lowest BCUT2D eigenvalue weighted by molar-refractivity contribution is 0.0778. The molecule has 1 amide bonds. The molecule has 1 fully saturated rings. The molecule has 1 aromatic rings. The number of amides is 1. The van der Waals surface area contributed by atoms with Crippen LogP contribution in [0.15, 0.2) is 6.07 Å². The first-order chi connectivity index (χ1) is 8.29. The second-order valence-electron chi connectivity index (χ2n) is 6.42. The van der Waals surface area contributed by atoms with Crippen LogP contribution in [0.5, 0.6) is 0 Å². The lowest BCUT2D eigenvalue weighted by Crippen LogP contribution is -2.30. The zero-order chi connectivity index (χ0) is 13.5. The fourth-order valence-corrected chi connectivity index (χ4v) is 2.00. The molecule has 0 aromatic carbocycles. The smallest absolute Gasteiger partial charge is 0.271 e. The topological polar surface area (TPSA) is 38.1 Å². The highest BCUT2D eigenvalue weighted by Gasteiger charge is 2.27. The van der Waals surface area contributed by atoms with E-state index in [2.05, 4.69) is 25.9 Å². The molecule has 2 rings (SSSR count). The highest BCUT2D eigenvalue weighted by Crippen LogP contribution is 2.30. The molecule has 0 N–H and O–H groups in total. The first kappa shape index (κ1) is 13.1. The van der Waals surface area contributed by atoms with Crippen molar-refractivity contribution in [2.45, 2.75) is 39.0 Å². The van der Waals surface area contributed by atoms with Crippen LogP contribution in [-0.2, 0) is 12.5 Å². The number of nitrogens with zero attached hydrogens (tertiary/aromatic N) is 3. The van der Waals surface area contributed by atoms with Crippen LogP contribution < -0.4 is 0 Å². The Hall–Kier alpha value is -1.32. The molecule has 1 heterocycles. The van der Waals surface area contributed by atoms with Crippen LogP contribution in [0.2, 0.25) is 0 Å². The van der Waals surface area contributed by atoms with Crippen LogP contribution in [0, 0.1) is 5.92 Å². The van der Waals surface area contributed by atoms with Gasteiger partial charge in [0, 0.05) is 26.1 Å². The average Bonchev–Trinajstić information content (AvgIpc) is 2.96. The van der Waals surface area contributed by atoms with Crippen LogP contribution in [0.1, 0.15) is 49.8 Å². The summed E-state index contributed by atoms with van der Waals surface area (Å²) >= 11 is 0. The third-order valence-electron chi connectivity index (χ3n) is 3.44. The monoisotopic (exact) mass is 249 g/mol. The van der Waals surface area contributed by atoms with Gasteiger partial charge in [-0.05, 0) is 24.8 Å². The molecule has 100 valence electrons. The van der Waals surface area contributed by atoms with Crippen LogP contribution in [0.25, 0.3) is 0 Å². The van der Waals surface area contributed by atoms with E-state index in [1.807, 2.05) is 25.1 Å². The predicted molar refractivity (Wildman–Crippen MR) is 71.6 cm³/mol. The Morgan fingerprint density at radius 2 is 2.11 bits per heavy atom. The first-order valence-electron chi connectivity index (χ1n) is 6.59. The third kappa shape index (κ3) is 2.74. The van der Waals surface area contributed by atoms with E-state index in [0.717, 1.165) is 12.2 Å². The van der Waals surface area contributed by atoms with E-state index in [-0.39, 0.29) is 11.3 Å². The Balaban J connectivity index is 2.16. The summed E-state index contributed by atoms with van der Waals surface area (Å²) in [6.45, 7) is 7.20. The fourth-order valence-electron chi connectivity index (χ4n) is 2.00. The van der Waals surface area contributed by atoms with Gasteiger partial charge in [0.15, 0.2) is 0 Å². The van der Waals surface area contributed by atoms with Gasteiger partial charge in [0.25, 0.3) is 5.91 Å². The number of aromatic nitrogens is 2. The molecule has 0 radical (unpaired) electrons. The summed E-state index contributed by atoms with van der Waals surface area (Å²) in [4.78, 5) is 14.2. The predicted octanol–water partition coefficient (Wildman–Crippen LogP) is 2.20. The summed E-state index contributed by atoms with van der Waals surface area (Å²) in [5, 5.41) is 4.45. The van der Waals surface area contributed by atoms with E-state index in [1.165, 1.54) is 12.8 Å². The van der Waals surface area contributed by atoms with Crippen molar-refractivity contribution >= 4 is 5.91 Å². The summed E-state index contributed by atoms with van der Waals surface area (Å²) in [7, 11) is 3.72. The summed E-state index contributed by atoms with van der Waals surface area (Å²) in [6.07, 6.45) is 2.52. The van der Waals surface area contributed by atoms with Crippen LogP contribution in [0.3, 0.4) is 0 Å². The molecule has 0 bridgehead atoms. The lowest BCUT2D eigenvalue weighted by Gasteiger charge is -2.16. The minimum atomic E-state index is -0.0225. The van der Waals surface area contributed by atoms with Crippen LogP contribution in [-0.4, -0.2) is 34.2 Å². The van der Waals surface area contributed by atoms with E-state index in [1.54, 1.807) is 4.68 Å². The minimum absolute atomic E-state index is 0.0225. The number of carbonyl (C=O) groups excluding carboxylic acids is 1. The summed E-state index contributed by atoms with van der Waals surface area (Å²) < 4.78 is 1.70. The van der Waals surface area contributed by atoms with Gasteiger partial charge in [-0.15, -0.1) is 0 Å². The number of rotatable bonds is 3. The first-order valence-corrected chi connectivity index (χ1v) is 6.59. The van der Waals surface area contributed by atoms with Gasteiger partial charge in [0.1, 0.15) is 5.69 Å². The summed E-state index contributed by atoms with van der Waals surface area (Å²) in [5.74, 6) is 0.793. The van der Waals surface area contributed by atoms with Crippen molar-refractivity contribution < 1.29 is 4.79 Å². The molecule has 0 spiro atoms. The Morgan fingerprint density at radius 1 is 1.50 bits per heavy atom. The van der Waals surface area contributed by atoms with Crippen LogP contribution >= 0.6 is 0 Å². The van der Waals surface area contributed by atoms with Crippen molar-refractivity contribution in [1.29, 1.82) is 0 Å². The largest absolute Gasteiger partial charge is 0.340 e. The maximum atomic E-state index is 12.3. The zero-order valence-electron chi connectivity index (χ0n) is 12.0. The highest BCUT2D eigenvalue weighted by molar-refractivity contribution is 5.92. The molecule has 18 heavy (non-hydrogen) atoms. The van der Waals surface area contributed by atoms with Gasteiger partial charge in [0.05, 0.1) is 5.69 Å². The highest BCUT2D eigenvalue weighted by atomic mass is 16.2. The average molecular weight is 249 g/mol. The van der Waals surface area contributed by atoms with E-state index in [0.29, 0.717) is 11.6 Å². The van der Waals surface area contributed by atoms with Crippen molar-refractivity contribution in [1.82, 2.24) is 14.7 Å². The molecule has 0 unspecified atom stereocenters. The Labute approximate surface area is 109 Å². The molecule has 1 aromatic heterocycles. The molecular formula is C14H23N3O. The fraction of sp³-hybridized carbons (Fsp3) is 0.714. The molecule has 1 saturated carbocycles.